The predicted molar refractivity (Wildman–Crippen MR) is 55.2 cm³/mol. The smallest absolute Gasteiger partial charge is 0.320 e. The van der Waals surface area contributed by atoms with Crippen LogP contribution in [0.4, 0.5) is 0 Å². The van der Waals surface area contributed by atoms with Crippen molar-refractivity contribution >= 4 is 11.9 Å². The molecular formula is C10H18N2O3. The minimum atomic E-state index is -0.941. The first-order valence-corrected chi connectivity index (χ1v) is 5.24. The first-order chi connectivity index (χ1) is 7.00. The van der Waals surface area contributed by atoms with Crippen molar-refractivity contribution < 1.29 is 14.7 Å². The monoisotopic (exact) mass is 214 g/mol. The number of carboxylic acids is 1. The molecule has 1 aliphatic heterocycles. The van der Waals surface area contributed by atoms with Crippen molar-refractivity contribution in [2.75, 3.05) is 13.1 Å². The van der Waals surface area contributed by atoms with E-state index >= 15 is 0 Å². The Hall–Kier alpha value is -1.10. The second-order valence-electron chi connectivity index (χ2n) is 4.13. The van der Waals surface area contributed by atoms with Crippen LogP contribution in [0, 0.1) is 5.92 Å². The number of aliphatic carboxylic acids is 1. The van der Waals surface area contributed by atoms with Gasteiger partial charge in [-0.1, -0.05) is 0 Å². The Morgan fingerprint density at radius 2 is 2.00 bits per heavy atom. The highest BCUT2D eigenvalue weighted by Gasteiger charge is 2.24. The highest BCUT2D eigenvalue weighted by molar-refractivity contribution is 5.73. The van der Waals surface area contributed by atoms with Crippen LogP contribution in [0.15, 0.2) is 0 Å². The number of nitrogens with zero attached hydrogens (tertiary/aromatic N) is 1. The molecule has 0 aromatic rings. The van der Waals surface area contributed by atoms with Crippen LogP contribution in [0.2, 0.25) is 0 Å². The van der Waals surface area contributed by atoms with Gasteiger partial charge in [-0.2, -0.15) is 0 Å². The molecule has 0 aromatic heterocycles. The molecule has 1 unspecified atom stereocenters. The van der Waals surface area contributed by atoms with Crippen LogP contribution in [0.25, 0.3) is 0 Å². The number of piperidine rings is 1. The summed E-state index contributed by atoms with van der Waals surface area (Å²) in [5, 5.41) is 8.66. The lowest BCUT2D eigenvalue weighted by Crippen LogP contribution is -2.40. The molecule has 5 heteroatoms. The maximum atomic E-state index is 11.0. The van der Waals surface area contributed by atoms with E-state index in [1.165, 1.54) is 0 Å². The lowest BCUT2D eigenvalue weighted by Gasteiger charge is -2.31. The molecule has 5 nitrogen and oxygen atoms in total. The summed E-state index contributed by atoms with van der Waals surface area (Å²) < 4.78 is 0. The zero-order valence-electron chi connectivity index (χ0n) is 8.98. The van der Waals surface area contributed by atoms with E-state index in [2.05, 4.69) is 0 Å². The van der Waals surface area contributed by atoms with Gasteiger partial charge >= 0.3 is 5.97 Å². The summed E-state index contributed by atoms with van der Waals surface area (Å²) in [4.78, 5) is 23.4. The normalized spacial score (nSPS) is 20.0. The molecule has 0 saturated carbocycles. The standard InChI is InChI=1S/C10H18N2O3/c1-7(13)12-4-2-8(3-5-12)6-9(11)10(14)15/h8-9H,2-6,11H2,1H3,(H,14,15). The second-order valence-corrected chi connectivity index (χ2v) is 4.13. The fourth-order valence-corrected chi connectivity index (χ4v) is 1.94. The minimum absolute atomic E-state index is 0.0935. The fourth-order valence-electron chi connectivity index (χ4n) is 1.94. The SMILES string of the molecule is CC(=O)N1CCC(CC(N)C(=O)O)CC1. The molecule has 3 N–H and O–H groups in total. The van der Waals surface area contributed by atoms with Crippen molar-refractivity contribution in [3.8, 4) is 0 Å². The minimum Gasteiger partial charge on any atom is -0.480 e. The van der Waals surface area contributed by atoms with Crippen molar-refractivity contribution in [3.63, 3.8) is 0 Å². The van der Waals surface area contributed by atoms with Crippen LogP contribution in [-0.4, -0.2) is 41.0 Å². The molecule has 0 aromatic carbocycles. The summed E-state index contributed by atoms with van der Waals surface area (Å²) in [5.41, 5.74) is 5.46. The number of carbonyl (C=O) groups is 2. The van der Waals surface area contributed by atoms with E-state index in [0.717, 1.165) is 25.9 Å². The van der Waals surface area contributed by atoms with Crippen LogP contribution in [-0.2, 0) is 9.59 Å². The average Bonchev–Trinajstić information content (AvgIpc) is 2.18. The van der Waals surface area contributed by atoms with Crippen molar-refractivity contribution in [2.24, 2.45) is 11.7 Å². The van der Waals surface area contributed by atoms with Gasteiger partial charge in [0.15, 0.2) is 0 Å². The molecule has 1 aliphatic rings. The third-order valence-electron chi connectivity index (χ3n) is 2.96. The van der Waals surface area contributed by atoms with Crippen molar-refractivity contribution in [3.05, 3.63) is 0 Å². The Balaban J connectivity index is 2.31. The number of amides is 1. The maximum Gasteiger partial charge on any atom is 0.320 e. The van der Waals surface area contributed by atoms with E-state index in [1.807, 2.05) is 0 Å². The van der Waals surface area contributed by atoms with Crippen LogP contribution in [0.3, 0.4) is 0 Å². The summed E-state index contributed by atoms with van der Waals surface area (Å²) in [5.74, 6) is -0.508. The molecule has 0 aliphatic carbocycles. The van der Waals surface area contributed by atoms with E-state index < -0.39 is 12.0 Å². The Kier molecular flexibility index (Phi) is 4.08. The molecule has 1 saturated heterocycles. The van der Waals surface area contributed by atoms with E-state index in [0.29, 0.717) is 12.3 Å². The van der Waals surface area contributed by atoms with E-state index in [9.17, 15) is 9.59 Å². The van der Waals surface area contributed by atoms with Crippen LogP contribution in [0.1, 0.15) is 26.2 Å². The molecular weight excluding hydrogens is 196 g/mol. The van der Waals surface area contributed by atoms with E-state index in [1.54, 1.807) is 11.8 Å². The zero-order valence-corrected chi connectivity index (χ0v) is 8.98. The Morgan fingerprint density at radius 1 is 1.47 bits per heavy atom. The van der Waals surface area contributed by atoms with Gasteiger partial charge in [-0.05, 0) is 25.2 Å². The summed E-state index contributed by atoms with van der Waals surface area (Å²) in [6.07, 6.45) is 2.24. The molecule has 1 heterocycles. The second kappa shape index (κ2) is 5.11. The third kappa shape index (κ3) is 3.51. The maximum absolute atomic E-state index is 11.0. The Labute approximate surface area is 89.2 Å². The number of likely N-dealkylation sites (tertiary alicyclic amines) is 1. The molecule has 15 heavy (non-hydrogen) atoms. The molecule has 1 fully saturated rings. The average molecular weight is 214 g/mol. The van der Waals surface area contributed by atoms with Crippen molar-refractivity contribution in [1.82, 2.24) is 4.90 Å². The zero-order chi connectivity index (χ0) is 11.4. The van der Waals surface area contributed by atoms with Crippen molar-refractivity contribution in [1.29, 1.82) is 0 Å². The van der Waals surface area contributed by atoms with Gasteiger partial charge in [0.25, 0.3) is 0 Å². The molecule has 0 spiro atoms. The van der Waals surface area contributed by atoms with E-state index in [-0.39, 0.29) is 5.91 Å². The van der Waals surface area contributed by atoms with Crippen molar-refractivity contribution in [2.45, 2.75) is 32.2 Å². The highest BCUT2D eigenvalue weighted by atomic mass is 16.4. The molecule has 86 valence electrons. The van der Waals surface area contributed by atoms with Crippen LogP contribution in [0.5, 0.6) is 0 Å². The first-order valence-electron chi connectivity index (χ1n) is 5.24. The summed E-state index contributed by atoms with van der Waals surface area (Å²) in [7, 11) is 0. The quantitative estimate of drug-likeness (QED) is 0.695. The largest absolute Gasteiger partial charge is 0.480 e. The molecule has 0 radical (unpaired) electrons. The van der Waals surface area contributed by atoms with Gasteiger partial charge in [0.1, 0.15) is 6.04 Å². The Bertz CT molecular complexity index is 247. The summed E-state index contributed by atoms with van der Waals surface area (Å²) >= 11 is 0. The van der Waals surface area contributed by atoms with Crippen LogP contribution < -0.4 is 5.73 Å². The molecule has 0 bridgehead atoms. The number of rotatable bonds is 3. The van der Waals surface area contributed by atoms with Gasteiger partial charge < -0.3 is 15.7 Å². The van der Waals surface area contributed by atoms with Gasteiger partial charge in [-0.25, -0.2) is 0 Å². The van der Waals surface area contributed by atoms with Gasteiger partial charge in [0.2, 0.25) is 5.91 Å². The molecule has 1 amide bonds. The number of carbonyl (C=O) groups excluding carboxylic acids is 1. The topological polar surface area (TPSA) is 83.6 Å². The first kappa shape index (κ1) is 12.0. The van der Waals surface area contributed by atoms with Crippen LogP contribution >= 0.6 is 0 Å². The fraction of sp³-hybridized carbons (Fsp3) is 0.800. The summed E-state index contributed by atoms with van der Waals surface area (Å²) in [6.45, 7) is 3.02. The van der Waals surface area contributed by atoms with Gasteiger partial charge in [0.05, 0.1) is 0 Å². The lowest BCUT2D eigenvalue weighted by molar-refractivity contribution is -0.139. The molecule has 1 atom stereocenters. The number of nitrogens with two attached hydrogens (primary N) is 1. The number of hydrogen-bond donors (Lipinski definition) is 2. The van der Waals surface area contributed by atoms with Gasteiger partial charge in [0, 0.05) is 20.0 Å². The highest BCUT2D eigenvalue weighted by Crippen LogP contribution is 2.21. The predicted octanol–water partition coefficient (Wildman–Crippen LogP) is 0.0469. The number of hydrogen-bond acceptors (Lipinski definition) is 3. The lowest BCUT2D eigenvalue weighted by atomic mass is 9.90. The van der Waals surface area contributed by atoms with E-state index in [4.69, 9.17) is 10.8 Å². The summed E-state index contributed by atoms with van der Waals surface area (Å²) in [6, 6.07) is -0.765. The molecule has 1 rings (SSSR count). The number of carboxylic acid groups (broad SMARTS) is 1. The Morgan fingerprint density at radius 3 is 2.40 bits per heavy atom. The van der Waals surface area contributed by atoms with Gasteiger partial charge in [-0.15, -0.1) is 0 Å². The third-order valence-corrected chi connectivity index (χ3v) is 2.96. The van der Waals surface area contributed by atoms with Gasteiger partial charge in [-0.3, -0.25) is 9.59 Å².